The van der Waals surface area contributed by atoms with Crippen LogP contribution in [0.25, 0.3) is 0 Å². The maximum atomic E-state index is 12.9. The van der Waals surface area contributed by atoms with Crippen LogP contribution >= 0.6 is 28.1 Å². The topological polar surface area (TPSA) is 45.7 Å². The van der Waals surface area contributed by atoms with Crippen LogP contribution in [0.3, 0.4) is 0 Å². The number of para-hydroxylation sites is 1. The molecule has 0 radical (unpaired) electrons. The number of rotatable bonds is 6. The molecule has 0 spiro atoms. The lowest BCUT2D eigenvalue weighted by Gasteiger charge is -2.10. The van der Waals surface area contributed by atoms with Gasteiger partial charge in [-0.3, -0.25) is 5.43 Å². The van der Waals surface area contributed by atoms with Crippen LogP contribution in [0.5, 0.6) is 5.75 Å². The monoisotopic (exact) mass is 457 g/mol. The maximum Gasteiger partial charge on any atom is 0.191 e. The van der Waals surface area contributed by atoms with E-state index in [1.165, 1.54) is 12.1 Å². The molecule has 0 fully saturated rings. The second kappa shape index (κ2) is 9.96. The van der Waals surface area contributed by atoms with E-state index < -0.39 is 0 Å². The molecule has 3 rings (SSSR count). The van der Waals surface area contributed by atoms with E-state index >= 15 is 0 Å². The number of anilines is 1. The molecule has 28 heavy (non-hydrogen) atoms. The molecule has 0 aliphatic carbocycles. The zero-order valence-corrected chi connectivity index (χ0v) is 17.1. The van der Waals surface area contributed by atoms with Gasteiger partial charge in [0.25, 0.3) is 0 Å². The van der Waals surface area contributed by atoms with Crippen LogP contribution in [0.2, 0.25) is 0 Å². The van der Waals surface area contributed by atoms with Crippen molar-refractivity contribution < 1.29 is 9.13 Å². The maximum absolute atomic E-state index is 12.9. The molecule has 0 saturated carbocycles. The van der Waals surface area contributed by atoms with Crippen molar-refractivity contribution in [2.75, 3.05) is 5.32 Å². The Bertz CT molecular complexity index is 962. The second-order valence-electron chi connectivity index (χ2n) is 5.78. The Kier molecular flexibility index (Phi) is 7.11. The fourth-order valence-corrected chi connectivity index (χ4v) is 2.75. The normalized spacial score (nSPS) is 10.6. The summed E-state index contributed by atoms with van der Waals surface area (Å²) < 4.78 is 19.9. The molecule has 4 nitrogen and oxygen atoms in total. The number of ether oxygens (including phenoxy) is 1. The smallest absolute Gasteiger partial charge is 0.191 e. The summed E-state index contributed by atoms with van der Waals surface area (Å²) in [5.41, 5.74) is 5.29. The van der Waals surface area contributed by atoms with E-state index in [9.17, 15) is 4.39 Å². The van der Waals surface area contributed by atoms with E-state index in [0.717, 1.165) is 15.6 Å². The first kappa shape index (κ1) is 20.0. The molecule has 2 N–H and O–H groups in total. The summed E-state index contributed by atoms with van der Waals surface area (Å²) in [6, 6.07) is 21.5. The summed E-state index contributed by atoms with van der Waals surface area (Å²) in [7, 11) is 0. The molecule has 7 heteroatoms. The molecular formula is C21H17BrFN3OS. The van der Waals surface area contributed by atoms with Crippen LogP contribution in [-0.4, -0.2) is 11.3 Å². The van der Waals surface area contributed by atoms with Crippen LogP contribution < -0.4 is 15.5 Å². The number of hydrogen-bond acceptors (Lipinski definition) is 3. The summed E-state index contributed by atoms with van der Waals surface area (Å²) in [4.78, 5) is 0. The molecule has 0 amide bonds. The van der Waals surface area contributed by atoms with E-state index in [2.05, 4.69) is 31.8 Å². The Labute approximate surface area is 176 Å². The molecule has 3 aromatic carbocycles. The third-order valence-corrected chi connectivity index (χ3v) is 4.42. The molecule has 0 heterocycles. The van der Waals surface area contributed by atoms with Gasteiger partial charge in [0.15, 0.2) is 5.11 Å². The first-order chi connectivity index (χ1) is 13.6. The first-order valence-corrected chi connectivity index (χ1v) is 9.62. The summed E-state index contributed by atoms with van der Waals surface area (Å²) >= 11 is 8.60. The molecule has 0 atom stereocenters. The van der Waals surface area contributed by atoms with Gasteiger partial charge in [-0.1, -0.05) is 40.2 Å². The van der Waals surface area contributed by atoms with Crippen LogP contribution in [0.4, 0.5) is 10.1 Å². The van der Waals surface area contributed by atoms with E-state index in [1.54, 1.807) is 18.3 Å². The summed E-state index contributed by atoms with van der Waals surface area (Å²) in [6.45, 7) is 0.454. The molecular weight excluding hydrogens is 441 g/mol. The Morgan fingerprint density at radius 3 is 2.50 bits per heavy atom. The highest BCUT2D eigenvalue weighted by molar-refractivity contribution is 9.10. The van der Waals surface area contributed by atoms with Crippen molar-refractivity contribution in [3.63, 3.8) is 0 Å². The number of hydrogen-bond donors (Lipinski definition) is 2. The predicted molar refractivity (Wildman–Crippen MR) is 118 cm³/mol. The predicted octanol–water partition coefficient (Wildman–Crippen LogP) is 5.49. The summed E-state index contributed by atoms with van der Waals surface area (Å²) in [6.07, 6.45) is 1.63. The zero-order valence-electron chi connectivity index (χ0n) is 14.7. The van der Waals surface area contributed by atoms with Gasteiger partial charge in [-0.25, -0.2) is 4.39 Å². The molecule has 0 bridgehead atoms. The van der Waals surface area contributed by atoms with E-state index in [-0.39, 0.29) is 5.82 Å². The van der Waals surface area contributed by atoms with Crippen molar-refractivity contribution in [1.29, 1.82) is 0 Å². The average Bonchev–Trinajstić information content (AvgIpc) is 2.70. The van der Waals surface area contributed by atoms with Gasteiger partial charge in [0, 0.05) is 15.7 Å². The Morgan fingerprint density at radius 1 is 1.04 bits per heavy atom. The average molecular weight is 458 g/mol. The minimum Gasteiger partial charge on any atom is -0.488 e. The van der Waals surface area contributed by atoms with Gasteiger partial charge in [-0.2, -0.15) is 5.10 Å². The zero-order chi connectivity index (χ0) is 19.8. The molecule has 0 aliphatic heterocycles. The van der Waals surface area contributed by atoms with Crippen molar-refractivity contribution in [2.45, 2.75) is 6.61 Å². The number of thiocarbonyl (C=S) groups is 1. The number of hydrazone groups is 1. The lowest BCUT2D eigenvalue weighted by atomic mass is 10.2. The minimum absolute atomic E-state index is 0.302. The molecule has 0 unspecified atom stereocenters. The van der Waals surface area contributed by atoms with Crippen LogP contribution in [-0.2, 0) is 6.61 Å². The number of nitrogens with zero attached hydrogens (tertiary/aromatic N) is 1. The highest BCUT2D eigenvalue weighted by Gasteiger charge is 2.02. The summed E-state index contributed by atoms with van der Waals surface area (Å²) in [5.74, 6) is 0.413. The molecule has 0 aliphatic rings. The third-order valence-electron chi connectivity index (χ3n) is 3.70. The van der Waals surface area contributed by atoms with Crippen LogP contribution in [0, 0.1) is 5.82 Å². The minimum atomic E-state index is -0.304. The number of halogens is 2. The van der Waals surface area contributed by atoms with Gasteiger partial charge in [-0.05, 0) is 66.3 Å². The van der Waals surface area contributed by atoms with Crippen molar-refractivity contribution >= 4 is 45.2 Å². The van der Waals surface area contributed by atoms with Gasteiger partial charge < -0.3 is 10.1 Å². The van der Waals surface area contributed by atoms with Crippen molar-refractivity contribution in [2.24, 2.45) is 5.10 Å². The molecule has 142 valence electrons. The molecule has 0 saturated heterocycles. The quantitative estimate of drug-likeness (QED) is 0.292. The van der Waals surface area contributed by atoms with E-state index in [0.29, 0.717) is 23.2 Å². The van der Waals surface area contributed by atoms with Crippen molar-refractivity contribution in [1.82, 2.24) is 5.43 Å². The highest BCUT2D eigenvalue weighted by atomic mass is 79.9. The number of nitrogens with one attached hydrogen (secondary N) is 2. The first-order valence-electron chi connectivity index (χ1n) is 8.42. The van der Waals surface area contributed by atoms with Gasteiger partial charge in [-0.15, -0.1) is 0 Å². The SMILES string of the molecule is Fc1ccc(NC(=S)N/N=C\c2ccccc2OCc2ccc(Br)cc2)cc1. The van der Waals surface area contributed by atoms with Gasteiger partial charge in [0.05, 0.1) is 6.21 Å². The fraction of sp³-hybridized carbons (Fsp3) is 0.0476. The Balaban J connectivity index is 1.56. The standard InChI is InChI=1S/C21H17BrFN3OS/c22-17-7-5-15(6-8-17)14-27-20-4-2-1-3-16(20)13-24-26-21(28)25-19-11-9-18(23)10-12-19/h1-13H,14H2,(H2,25,26,28)/b24-13-. The van der Waals surface area contributed by atoms with E-state index in [4.69, 9.17) is 17.0 Å². The van der Waals surface area contributed by atoms with E-state index in [1.807, 2.05) is 48.5 Å². The molecule has 3 aromatic rings. The van der Waals surface area contributed by atoms with Gasteiger partial charge >= 0.3 is 0 Å². The Morgan fingerprint density at radius 2 is 1.75 bits per heavy atom. The lowest BCUT2D eigenvalue weighted by molar-refractivity contribution is 0.306. The largest absolute Gasteiger partial charge is 0.488 e. The van der Waals surface area contributed by atoms with Crippen LogP contribution in [0.15, 0.2) is 82.4 Å². The van der Waals surface area contributed by atoms with Crippen molar-refractivity contribution in [3.8, 4) is 5.75 Å². The highest BCUT2D eigenvalue weighted by Crippen LogP contribution is 2.18. The van der Waals surface area contributed by atoms with Gasteiger partial charge in [0.2, 0.25) is 0 Å². The van der Waals surface area contributed by atoms with Crippen molar-refractivity contribution in [3.05, 3.63) is 94.2 Å². The molecule has 0 aromatic heterocycles. The second-order valence-corrected chi connectivity index (χ2v) is 7.11. The summed E-state index contributed by atoms with van der Waals surface area (Å²) in [5, 5.41) is 7.37. The van der Waals surface area contributed by atoms with Gasteiger partial charge in [0.1, 0.15) is 18.2 Å². The van der Waals surface area contributed by atoms with Crippen LogP contribution in [0.1, 0.15) is 11.1 Å². The lowest BCUT2D eigenvalue weighted by Crippen LogP contribution is -2.23. The fourth-order valence-electron chi connectivity index (χ4n) is 2.31. The Hall–Kier alpha value is -2.77. The third kappa shape index (κ3) is 6.14. The number of benzene rings is 3.